The molecule has 3 rings (SSSR count). The Balaban J connectivity index is 1.55. The van der Waals surface area contributed by atoms with E-state index in [1.165, 1.54) is 0 Å². The van der Waals surface area contributed by atoms with Crippen molar-refractivity contribution in [1.29, 1.82) is 0 Å². The number of amides is 1. The molecule has 0 saturated carbocycles. The van der Waals surface area contributed by atoms with Gasteiger partial charge in [0.15, 0.2) is 11.5 Å². The van der Waals surface area contributed by atoms with Gasteiger partial charge in [0, 0.05) is 17.7 Å². The number of carbonyl (C=O) groups excluding carboxylic acids is 2. The van der Waals surface area contributed by atoms with Gasteiger partial charge in [-0.3, -0.25) is 9.59 Å². The molecule has 32 heavy (non-hydrogen) atoms. The molecule has 0 saturated heterocycles. The summed E-state index contributed by atoms with van der Waals surface area (Å²) >= 11 is 0. The lowest BCUT2D eigenvalue weighted by atomic mass is 10.1. The summed E-state index contributed by atoms with van der Waals surface area (Å²) in [6.07, 6.45) is 0.722. The summed E-state index contributed by atoms with van der Waals surface area (Å²) < 4.78 is 15.9. The van der Waals surface area contributed by atoms with Crippen molar-refractivity contribution in [1.82, 2.24) is 0 Å². The summed E-state index contributed by atoms with van der Waals surface area (Å²) in [5, 5.41) is 2.92. The topological polar surface area (TPSA) is 73.9 Å². The molecule has 0 aromatic heterocycles. The molecule has 0 aliphatic heterocycles. The van der Waals surface area contributed by atoms with Crippen LogP contribution in [-0.2, 0) is 11.2 Å². The summed E-state index contributed by atoms with van der Waals surface area (Å²) in [5.41, 5.74) is 4.26. The van der Waals surface area contributed by atoms with Crippen molar-refractivity contribution in [3.05, 3.63) is 82.9 Å². The van der Waals surface area contributed by atoms with Crippen molar-refractivity contribution < 1.29 is 23.8 Å². The van der Waals surface area contributed by atoms with E-state index in [2.05, 4.69) is 5.32 Å². The van der Waals surface area contributed by atoms with Gasteiger partial charge in [0.2, 0.25) is 0 Å². The number of hydrogen-bond donors (Lipinski definition) is 1. The molecule has 166 valence electrons. The molecule has 0 aliphatic carbocycles. The largest absolute Gasteiger partial charge is 0.493 e. The fourth-order valence-electron chi connectivity index (χ4n) is 3.20. The zero-order valence-corrected chi connectivity index (χ0v) is 18.7. The number of esters is 1. The maximum absolute atomic E-state index is 12.5. The molecular weight excluding hydrogens is 406 g/mol. The van der Waals surface area contributed by atoms with Gasteiger partial charge in [-0.2, -0.15) is 0 Å². The molecule has 0 heterocycles. The van der Waals surface area contributed by atoms with Gasteiger partial charge in [0.05, 0.1) is 14.2 Å². The Morgan fingerprint density at radius 1 is 0.844 bits per heavy atom. The van der Waals surface area contributed by atoms with Crippen LogP contribution in [0.1, 0.15) is 33.5 Å². The number of rotatable bonds is 8. The monoisotopic (exact) mass is 433 g/mol. The SMILES string of the molecule is COc1ccc(CCC(=O)Oc2ccc(C(=O)Nc3cc(C)ccc3C)cc2)cc1OC. The van der Waals surface area contributed by atoms with Crippen molar-refractivity contribution in [2.75, 3.05) is 19.5 Å². The average molecular weight is 434 g/mol. The quantitative estimate of drug-likeness (QED) is 0.395. The van der Waals surface area contributed by atoms with E-state index in [0.717, 1.165) is 22.4 Å². The minimum Gasteiger partial charge on any atom is -0.493 e. The molecule has 0 atom stereocenters. The van der Waals surface area contributed by atoms with E-state index in [9.17, 15) is 9.59 Å². The number of ether oxygens (including phenoxy) is 3. The molecular formula is C26H27NO5. The minimum atomic E-state index is -0.354. The Kier molecular flexibility index (Phi) is 7.49. The normalized spacial score (nSPS) is 10.4. The van der Waals surface area contributed by atoms with Crippen LogP contribution in [0, 0.1) is 13.8 Å². The summed E-state index contributed by atoms with van der Waals surface area (Å²) in [5.74, 6) is 1.08. The van der Waals surface area contributed by atoms with Gasteiger partial charge in [0.25, 0.3) is 5.91 Å². The van der Waals surface area contributed by atoms with Crippen molar-refractivity contribution >= 4 is 17.6 Å². The van der Waals surface area contributed by atoms with Crippen LogP contribution in [0.4, 0.5) is 5.69 Å². The lowest BCUT2D eigenvalue weighted by Gasteiger charge is -2.10. The van der Waals surface area contributed by atoms with Gasteiger partial charge in [-0.15, -0.1) is 0 Å². The Labute approximate surface area is 188 Å². The van der Waals surface area contributed by atoms with Crippen LogP contribution < -0.4 is 19.5 Å². The molecule has 0 spiro atoms. The molecule has 0 aliphatic rings. The van der Waals surface area contributed by atoms with Crippen LogP contribution in [0.15, 0.2) is 60.7 Å². The first-order valence-corrected chi connectivity index (χ1v) is 10.3. The number of nitrogens with one attached hydrogen (secondary N) is 1. The van der Waals surface area contributed by atoms with E-state index < -0.39 is 0 Å². The maximum atomic E-state index is 12.5. The van der Waals surface area contributed by atoms with Crippen molar-refractivity contribution in [3.8, 4) is 17.2 Å². The standard InChI is InChI=1S/C26H27NO5/c1-17-5-6-18(2)22(15-17)27-26(29)20-9-11-21(12-10-20)32-25(28)14-8-19-7-13-23(30-3)24(16-19)31-4/h5-7,9-13,15-16H,8,14H2,1-4H3,(H,27,29). The third-order valence-corrected chi connectivity index (χ3v) is 5.06. The summed E-state index contributed by atoms with van der Waals surface area (Å²) in [6, 6.07) is 17.9. The van der Waals surface area contributed by atoms with Crippen LogP contribution in [-0.4, -0.2) is 26.1 Å². The van der Waals surface area contributed by atoms with E-state index in [0.29, 0.717) is 29.2 Å². The lowest BCUT2D eigenvalue weighted by Crippen LogP contribution is -2.13. The smallest absolute Gasteiger partial charge is 0.311 e. The fraction of sp³-hybridized carbons (Fsp3) is 0.231. The van der Waals surface area contributed by atoms with Crippen molar-refractivity contribution in [2.45, 2.75) is 26.7 Å². The highest BCUT2D eigenvalue weighted by molar-refractivity contribution is 6.04. The van der Waals surface area contributed by atoms with Crippen LogP contribution in [0.2, 0.25) is 0 Å². The molecule has 1 N–H and O–H groups in total. The number of hydrogen-bond acceptors (Lipinski definition) is 5. The first-order chi connectivity index (χ1) is 15.4. The lowest BCUT2D eigenvalue weighted by molar-refractivity contribution is -0.134. The van der Waals surface area contributed by atoms with Gasteiger partial charge in [-0.1, -0.05) is 18.2 Å². The third-order valence-electron chi connectivity index (χ3n) is 5.06. The molecule has 3 aromatic carbocycles. The molecule has 0 unspecified atom stereocenters. The zero-order valence-electron chi connectivity index (χ0n) is 18.7. The van der Waals surface area contributed by atoms with Gasteiger partial charge >= 0.3 is 5.97 Å². The van der Waals surface area contributed by atoms with Crippen molar-refractivity contribution in [2.24, 2.45) is 0 Å². The second kappa shape index (κ2) is 10.5. The molecule has 6 heteroatoms. The van der Waals surface area contributed by atoms with Gasteiger partial charge in [0.1, 0.15) is 5.75 Å². The summed E-state index contributed by atoms with van der Waals surface area (Å²) in [6.45, 7) is 3.92. The molecule has 0 fully saturated rings. The highest BCUT2D eigenvalue weighted by atomic mass is 16.5. The van der Waals surface area contributed by atoms with E-state index in [-0.39, 0.29) is 18.3 Å². The molecule has 0 radical (unpaired) electrons. The second-order valence-corrected chi connectivity index (χ2v) is 7.46. The maximum Gasteiger partial charge on any atom is 0.311 e. The first kappa shape index (κ1) is 22.9. The van der Waals surface area contributed by atoms with Gasteiger partial charge < -0.3 is 19.5 Å². The molecule has 3 aromatic rings. The van der Waals surface area contributed by atoms with Crippen LogP contribution in [0.25, 0.3) is 0 Å². The summed E-state index contributed by atoms with van der Waals surface area (Å²) in [4.78, 5) is 24.8. The Morgan fingerprint density at radius 3 is 2.25 bits per heavy atom. The predicted molar refractivity (Wildman–Crippen MR) is 124 cm³/mol. The highest BCUT2D eigenvalue weighted by Gasteiger charge is 2.11. The Bertz CT molecular complexity index is 1110. The van der Waals surface area contributed by atoms with Crippen molar-refractivity contribution in [3.63, 3.8) is 0 Å². The number of carbonyl (C=O) groups is 2. The van der Waals surface area contributed by atoms with Gasteiger partial charge in [-0.05, 0) is 79.4 Å². The summed E-state index contributed by atoms with van der Waals surface area (Å²) in [7, 11) is 3.15. The minimum absolute atomic E-state index is 0.213. The molecule has 1 amide bonds. The van der Waals surface area contributed by atoms with Crippen LogP contribution in [0.3, 0.4) is 0 Å². The van der Waals surface area contributed by atoms with E-state index in [1.807, 2.05) is 50.2 Å². The number of aryl methyl sites for hydroxylation is 3. The first-order valence-electron chi connectivity index (χ1n) is 10.3. The Morgan fingerprint density at radius 2 is 1.56 bits per heavy atom. The number of benzene rings is 3. The zero-order chi connectivity index (χ0) is 23.1. The Hall–Kier alpha value is -3.80. The van der Waals surface area contributed by atoms with Gasteiger partial charge in [-0.25, -0.2) is 0 Å². The predicted octanol–water partition coefficient (Wildman–Crippen LogP) is 5.11. The molecule has 6 nitrogen and oxygen atoms in total. The average Bonchev–Trinajstić information content (AvgIpc) is 2.80. The number of methoxy groups -OCH3 is 2. The number of anilines is 1. The third kappa shape index (κ3) is 5.88. The fourth-order valence-corrected chi connectivity index (χ4v) is 3.20. The van der Waals surface area contributed by atoms with Crippen LogP contribution in [0.5, 0.6) is 17.2 Å². The van der Waals surface area contributed by atoms with Crippen LogP contribution >= 0.6 is 0 Å². The molecule has 0 bridgehead atoms. The van der Waals surface area contributed by atoms with E-state index in [1.54, 1.807) is 38.5 Å². The highest BCUT2D eigenvalue weighted by Crippen LogP contribution is 2.28. The second-order valence-electron chi connectivity index (χ2n) is 7.46. The van der Waals surface area contributed by atoms with E-state index >= 15 is 0 Å². The van der Waals surface area contributed by atoms with E-state index in [4.69, 9.17) is 14.2 Å².